The molecule has 9 heteroatoms. The highest BCUT2D eigenvalue weighted by molar-refractivity contribution is 7.22. The highest BCUT2D eigenvalue weighted by Crippen LogP contribution is 2.30. The second kappa shape index (κ2) is 6.73. The van der Waals surface area contributed by atoms with Crippen LogP contribution in [0.3, 0.4) is 0 Å². The molecular weight excluding hydrogens is 344 g/mol. The third kappa shape index (κ3) is 3.36. The summed E-state index contributed by atoms with van der Waals surface area (Å²) in [6, 6.07) is 9.66. The molecule has 2 aromatic carbocycles. The van der Waals surface area contributed by atoms with E-state index in [9.17, 15) is 14.9 Å². The van der Waals surface area contributed by atoms with Crippen molar-refractivity contribution in [3.05, 3.63) is 52.1 Å². The molecule has 0 atom stereocenters. The zero-order valence-corrected chi connectivity index (χ0v) is 14.2. The van der Waals surface area contributed by atoms with Crippen LogP contribution in [0.2, 0.25) is 0 Å². The summed E-state index contributed by atoms with van der Waals surface area (Å²) in [5.41, 5.74) is 1.10. The number of fused-ring (bicyclic) bond motifs is 1. The van der Waals surface area contributed by atoms with Gasteiger partial charge in [0.15, 0.2) is 5.13 Å². The van der Waals surface area contributed by atoms with Crippen molar-refractivity contribution >= 4 is 44.0 Å². The Morgan fingerprint density at radius 3 is 2.76 bits per heavy atom. The van der Waals surface area contributed by atoms with Gasteiger partial charge in [0.1, 0.15) is 11.4 Å². The molecule has 1 heterocycles. The molecule has 0 saturated heterocycles. The number of benzene rings is 2. The van der Waals surface area contributed by atoms with E-state index in [0.717, 1.165) is 10.2 Å². The monoisotopic (exact) mass is 358 g/mol. The lowest BCUT2D eigenvalue weighted by molar-refractivity contribution is -0.384. The van der Waals surface area contributed by atoms with Gasteiger partial charge in [-0.1, -0.05) is 11.3 Å². The molecule has 3 rings (SSSR count). The highest BCUT2D eigenvalue weighted by Gasteiger charge is 2.17. The van der Waals surface area contributed by atoms with Crippen molar-refractivity contribution in [3.63, 3.8) is 0 Å². The van der Waals surface area contributed by atoms with Crippen LogP contribution >= 0.6 is 11.3 Å². The Bertz CT molecular complexity index is 970. The van der Waals surface area contributed by atoms with Crippen LogP contribution in [0.1, 0.15) is 10.4 Å². The number of hydrogen-bond acceptors (Lipinski definition) is 7. The fraction of sp³-hybridized carbons (Fsp3) is 0.125. The van der Waals surface area contributed by atoms with Crippen molar-refractivity contribution < 1.29 is 14.5 Å². The van der Waals surface area contributed by atoms with Crippen LogP contribution in [0.5, 0.6) is 5.75 Å². The molecule has 2 N–H and O–H groups in total. The molecule has 0 unspecified atom stereocenters. The normalized spacial score (nSPS) is 10.5. The van der Waals surface area contributed by atoms with Crippen LogP contribution in [-0.4, -0.2) is 30.0 Å². The largest absolute Gasteiger partial charge is 0.497 e. The molecule has 0 aliphatic heterocycles. The lowest BCUT2D eigenvalue weighted by Crippen LogP contribution is -2.12. The first-order valence-electron chi connectivity index (χ1n) is 7.24. The van der Waals surface area contributed by atoms with Crippen molar-refractivity contribution in [2.75, 3.05) is 24.8 Å². The molecule has 8 nitrogen and oxygen atoms in total. The minimum atomic E-state index is -0.535. The predicted molar refractivity (Wildman–Crippen MR) is 96.8 cm³/mol. The maximum atomic E-state index is 12.4. The maximum Gasteiger partial charge on any atom is 0.293 e. The number of nitro benzene ring substituents is 1. The highest BCUT2D eigenvalue weighted by atomic mass is 32.1. The topological polar surface area (TPSA) is 106 Å². The summed E-state index contributed by atoms with van der Waals surface area (Å²) >= 11 is 1.30. The third-order valence-electron chi connectivity index (χ3n) is 3.54. The second-order valence-corrected chi connectivity index (χ2v) is 6.08. The van der Waals surface area contributed by atoms with Crippen LogP contribution in [0.25, 0.3) is 10.2 Å². The molecule has 0 radical (unpaired) electrons. The Kier molecular flexibility index (Phi) is 4.48. The lowest BCUT2D eigenvalue weighted by atomic mass is 10.1. The summed E-state index contributed by atoms with van der Waals surface area (Å²) in [6.45, 7) is 0. The maximum absolute atomic E-state index is 12.4. The molecule has 1 aromatic heterocycles. The van der Waals surface area contributed by atoms with Crippen molar-refractivity contribution in [1.82, 2.24) is 4.98 Å². The predicted octanol–water partition coefficient (Wildman–Crippen LogP) is 3.51. The van der Waals surface area contributed by atoms with Gasteiger partial charge in [-0.2, -0.15) is 0 Å². The van der Waals surface area contributed by atoms with Crippen molar-refractivity contribution in [2.24, 2.45) is 0 Å². The first-order valence-corrected chi connectivity index (χ1v) is 8.05. The van der Waals surface area contributed by atoms with E-state index in [1.54, 1.807) is 26.3 Å². The second-order valence-electron chi connectivity index (χ2n) is 5.05. The Balaban J connectivity index is 1.87. The van der Waals surface area contributed by atoms with Crippen LogP contribution in [0.4, 0.5) is 16.5 Å². The number of anilines is 2. The van der Waals surface area contributed by atoms with Gasteiger partial charge in [-0.05, 0) is 30.3 Å². The number of ether oxygens (including phenoxy) is 1. The lowest BCUT2D eigenvalue weighted by Gasteiger charge is -2.05. The first-order chi connectivity index (χ1) is 12.0. The Labute approximate surface area is 146 Å². The van der Waals surface area contributed by atoms with Gasteiger partial charge in [-0.15, -0.1) is 0 Å². The molecule has 0 aliphatic carbocycles. The van der Waals surface area contributed by atoms with Crippen molar-refractivity contribution in [2.45, 2.75) is 0 Å². The zero-order valence-electron chi connectivity index (χ0n) is 13.4. The van der Waals surface area contributed by atoms with E-state index in [4.69, 9.17) is 4.74 Å². The van der Waals surface area contributed by atoms with E-state index in [1.165, 1.54) is 29.5 Å². The summed E-state index contributed by atoms with van der Waals surface area (Å²) < 4.78 is 6.03. The molecule has 1 amide bonds. The van der Waals surface area contributed by atoms with E-state index < -0.39 is 10.8 Å². The van der Waals surface area contributed by atoms with Gasteiger partial charge in [0, 0.05) is 18.7 Å². The minimum absolute atomic E-state index is 0.163. The number of amides is 1. The summed E-state index contributed by atoms with van der Waals surface area (Å²) in [5, 5.41) is 16.9. The van der Waals surface area contributed by atoms with Crippen LogP contribution in [0, 0.1) is 10.1 Å². The number of nitrogens with zero attached hydrogens (tertiary/aromatic N) is 2. The molecule has 0 fully saturated rings. The van der Waals surface area contributed by atoms with Gasteiger partial charge < -0.3 is 10.1 Å². The van der Waals surface area contributed by atoms with Crippen molar-refractivity contribution in [3.8, 4) is 5.75 Å². The molecule has 128 valence electrons. The summed E-state index contributed by atoms with van der Waals surface area (Å²) in [6.07, 6.45) is 0. The summed E-state index contributed by atoms with van der Waals surface area (Å²) in [4.78, 5) is 27.3. The number of rotatable bonds is 5. The fourth-order valence-electron chi connectivity index (χ4n) is 2.29. The average Bonchev–Trinajstić information content (AvgIpc) is 3.02. The molecule has 0 spiro atoms. The number of aromatic nitrogens is 1. The van der Waals surface area contributed by atoms with E-state index in [2.05, 4.69) is 15.6 Å². The molecule has 0 aliphatic rings. The van der Waals surface area contributed by atoms with Gasteiger partial charge in [0.2, 0.25) is 0 Å². The minimum Gasteiger partial charge on any atom is -0.497 e. The Hall–Kier alpha value is -3.20. The van der Waals surface area contributed by atoms with Crippen LogP contribution < -0.4 is 15.4 Å². The van der Waals surface area contributed by atoms with Gasteiger partial charge in [0.05, 0.1) is 22.2 Å². The van der Waals surface area contributed by atoms with Gasteiger partial charge in [0.25, 0.3) is 11.6 Å². The Morgan fingerprint density at radius 2 is 2.08 bits per heavy atom. The quantitative estimate of drug-likeness (QED) is 0.534. The van der Waals surface area contributed by atoms with E-state index in [-0.39, 0.29) is 11.3 Å². The van der Waals surface area contributed by atoms with Gasteiger partial charge in [-0.25, -0.2) is 4.98 Å². The standard InChI is InChI=1S/C16H14N4O4S/c1-17-11-5-3-9(7-13(11)20(22)23)15(21)19-16-18-12-6-4-10(24-2)8-14(12)25-16/h3-8,17H,1-2H3,(H,18,19,21). The number of thiazole rings is 1. The molecule has 0 saturated carbocycles. The number of hydrogen-bond donors (Lipinski definition) is 2. The molecule has 3 aromatic rings. The Morgan fingerprint density at radius 1 is 1.28 bits per heavy atom. The van der Waals surface area contributed by atoms with Crippen LogP contribution in [-0.2, 0) is 0 Å². The number of nitro groups is 1. The van der Waals surface area contributed by atoms with Crippen LogP contribution in [0.15, 0.2) is 36.4 Å². The molecular formula is C16H14N4O4S. The SMILES string of the molecule is CNc1ccc(C(=O)Nc2nc3ccc(OC)cc3s2)cc1[N+](=O)[O-]. The summed E-state index contributed by atoms with van der Waals surface area (Å²) in [7, 11) is 3.16. The van der Waals surface area contributed by atoms with Gasteiger partial charge in [-0.3, -0.25) is 20.2 Å². The van der Waals surface area contributed by atoms with E-state index in [0.29, 0.717) is 16.6 Å². The number of carbonyl (C=O) groups excluding carboxylic acids is 1. The number of nitrogens with one attached hydrogen (secondary N) is 2. The van der Waals surface area contributed by atoms with Gasteiger partial charge >= 0.3 is 0 Å². The first kappa shape index (κ1) is 16.7. The molecule has 25 heavy (non-hydrogen) atoms. The zero-order chi connectivity index (χ0) is 18.0. The number of carbonyl (C=O) groups is 1. The van der Waals surface area contributed by atoms with Crippen molar-refractivity contribution in [1.29, 1.82) is 0 Å². The smallest absolute Gasteiger partial charge is 0.293 e. The third-order valence-corrected chi connectivity index (χ3v) is 4.48. The molecule has 0 bridgehead atoms. The summed E-state index contributed by atoms with van der Waals surface area (Å²) in [5.74, 6) is 0.240. The number of methoxy groups -OCH3 is 1. The van der Waals surface area contributed by atoms with E-state index >= 15 is 0 Å². The van der Waals surface area contributed by atoms with E-state index in [1.807, 2.05) is 6.07 Å². The fourth-order valence-corrected chi connectivity index (χ4v) is 3.18. The average molecular weight is 358 g/mol.